The molecule has 0 aliphatic rings. The number of nitrogen functional groups attached to an aromatic ring is 1. The molecule has 1 aromatic carbocycles. The minimum Gasteiger partial charge on any atom is -0.394 e. The Bertz CT molecular complexity index is 695. The fourth-order valence-corrected chi connectivity index (χ4v) is 1.83. The van der Waals surface area contributed by atoms with Gasteiger partial charge in [-0.25, -0.2) is 4.98 Å². The molecule has 0 spiro atoms. The number of halogens is 1. The number of aliphatic hydroxyl groups is 1. The number of aliphatic hydroxyl groups excluding tert-OH is 1. The fourth-order valence-electron chi connectivity index (χ4n) is 1.70. The minimum absolute atomic E-state index is 0.00171. The zero-order valence-corrected chi connectivity index (χ0v) is 13.2. The Balaban J connectivity index is 2.07. The second kappa shape index (κ2) is 8.96. The zero-order valence-electron chi connectivity index (χ0n) is 12.4. The van der Waals surface area contributed by atoms with Crippen molar-refractivity contribution in [3.8, 4) is 11.8 Å². The first-order valence-corrected chi connectivity index (χ1v) is 7.39. The summed E-state index contributed by atoms with van der Waals surface area (Å²) < 4.78 is 5.18. The molecule has 0 saturated heterocycles. The summed E-state index contributed by atoms with van der Waals surface area (Å²) in [6.45, 7) is 1.26. The van der Waals surface area contributed by atoms with E-state index in [1.54, 1.807) is 18.3 Å². The Morgan fingerprint density at radius 1 is 1.22 bits per heavy atom. The van der Waals surface area contributed by atoms with E-state index in [0.717, 1.165) is 5.56 Å². The van der Waals surface area contributed by atoms with Gasteiger partial charge in [0.2, 0.25) is 5.95 Å². The lowest BCUT2D eigenvalue weighted by atomic mass is 10.2. The Labute approximate surface area is 139 Å². The maximum atomic E-state index is 8.65. The Kier molecular flexibility index (Phi) is 6.63. The van der Waals surface area contributed by atoms with Gasteiger partial charge in [0, 0.05) is 17.1 Å². The molecular formula is C16H17ClN4O2. The number of aromatic nitrogens is 2. The van der Waals surface area contributed by atoms with Gasteiger partial charge >= 0.3 is 0 Å². The molecule has 4 N–H and O–H groups in total. The summed E-state index contributed by atoms with van der Waals surface area (Å²) >= 11 is 5.85. The van der Waals surface area contributed by atoms with Gasteiger partial charge in [0.05, 0.1) is 31.6 Å². The molecule has 0 aliphatic carbocycles. The lowest BCUT2D eigenvalue weighted by Gasteiger charge is -2.08. The molecule has 0 unspecified atom stereocenters. The molecule has 0 saturated carbocycles. The van der Waals surface area contributed by atoms with Crippen LogP contribution in [0.1, 0.15) is 11.1 Å². The van der Waals surface area contributed by atoms with Crippen LogP contribution in [-0.4, -0.2) is 41.4 Å². The van der Waals surface area contributed by atoms with Crippen molar-refractivity contribution in [3.63, 3.8) is 0 Å². The number of hydrogen-bond acceptors (Lipinski definition) is 6. The van der Waals surface area contributed by atoms with E-state index in [9.17, 15) is 0 Å². The van der Waals surface area contributed by atoms with E-state index in [2.05, 4.69) is 27.1 Å². The number of rotatable bonds is 6. The first-order valence-electron chi connectivity index (χ1n) is 7.01. The van der Waals surface area contributed by atoms with Crippen molar-refractivity contribution < 1.29 is 9.84 Å². The summed E-state index contributed by atoms with van der Waals surface area (Å²) in [4.78, 5) is 8.11. The number of hydrogen-bond donors (Lipinski definition) is 3. The van der Waals surface area contributed by atoms with Crippen LogP contribution < -0.4 is 11.1 Å². The van der Waals surface area contributed by atoms with E-state index in [1.807, 2.05) is 12.1 Å². The Morgan fingerprint density at radius 3 is 2.74 bits per heavy atom. The summed E-state index contributed by atoms with van der Waals surface area (Å²) in [5.41, 5.74) is 7.09. The molecule has 23 heavy (non-hydrogen) atoms. The molecular weight excluding hydrogens is 316 g/mol. The van der Waals surface area contributed by atoms with Crippen LogP contribution in [0.15, 0.2) is 30.5 Å². The maximum absolute atomic E-state index is 8.65. The number of ether oxygens (including phenoxy) is 1. The molecule has 2 aromatic rings. The van der Waals surface area contributed by atoms with Crippen molar-refractivity contribution in [1.82, 2.24) is 9.97 Å². The molecule has 1 heterocycles. The van der Waals surface area contributed by atoms with Crippen LogP contribution in [0.5, 0.6) is 0 Å². The van der Waals surface area contributed by atoms with E-state index < -0.39 is 0 Å². The summed E-state index contributed by atoms with van der Waals surface area (Å²) in [6, 6.07) is 7.23. The van der Waals surface area contributed by atoms with E-state index >= 15 is 0 Å². The van der Waals surface area contributed by atoms with Crippen LogP contribution >= 0.6 is 11.6 Å². The summed E-state index contributed by atoms with van der Waals surface area (Å²) in [5, 5.41) is 12.4. The van der Waals surface area contributed by atoms with Gasteiger partial charge in [-0.1, -0.05) is 23.4 Å². The van der Waals surface area contributed by atoms with Gasteiger partial charge in [-0.05, 0) is 24.3 Å². The van der Waals surface area contributed by atoms with Crippen LogP contribution in [0.3, 0.4) is 0 Å². The zero-order chi connectivity index (χ0) is 16.5. The average molecular weight is 333 g/mol. The van der Waals surface area contributed by atoms with Gasteiger partial charge in [-0.3, -0.25) is 0 Å². The van der Waals surface area contributed by atoms with Crippen LogP contribution in [0.2, 0.25) is 5.02 Å². The van der Waals surface area contributed by atoms with Gasteiger partial charge in [-0.15, -0.1) is 0 Å². The van der Waals surface area contributed by atoms with Crippen molar-refractivity contribution in [1.29, 1.82) is 0 Å². The molecule has 1 aromatic heterocycles. The van der Waals surface area contributed by atoms with Crippen LogP contribution in [0.4, 0.5) is 11.8 Å². The maximum Gasteiger partial charge on any atom is 0.222 e. The largest absolute Gasteiger partial charge is 0.394 e. The van der Waals surface area contributed by atoms with Crippen molar-refractivity contribution in [2.24, 2.45) is 0 Å². The van der Waals surface area contributed by atoms with Gasteiger partial charge in [0.15, 0.2) is 0 Å². The van der Waals surface area contributed by atoms with Crippen LogP contribution in [0.25, 0.3) is 0 Å². The standard InChI is InChI=1S/C16H17ClN4O2/c17-14-5-2-12(3-6-14)1-4-13-11-20-16(18)21-15(13)19-7-9-23-10-8-22/h2-3,5-6,11,22H,7-10H2,(H3,18,19,20,21). The molecule has 7 heteroatoms. The number of nitrogens with zero attached hydrogens (tertiary/aromatic N) is 2. The number of nitrogens with one attached hydrogen (secondary N) is 1. The molecule has 2 rings (SSSR count). The highest BCUT2D eigenvalue weighted by atomic mass is 35.5. The topological polar surface area (TPSA) is 93.3 Å². The third-order valence-electron chi connectivity index (χ3n) is 2.77. The van der Waals surface area contributed by atoms with Crippen molar-refractivity contribution >= 4 is 23.4 Å². The highest BCUT2D eigenvalue weighted by molar-refractivity contribution is 6.30. The Morgan fingerprint density at radius 2 is 2.00 bits per heavy atom. The van der Waals surface area contributed by atoms with Crippen LogP contribution in [-0.2, 0) is 4.74 Å². The minimum atomic E-state index is -0.00171. The first kappa shape index (κ1) is 17.0. The van der Waals surface area contributed by atoms with E-state index in [0.29, 0.717) is 36.2 Å². The summed E-state index contributed by atoms with van der Waals surface area (Å²) in [6.07, 6.45) is 1.57. The molecule has 6 nitrogen and oxygen atoms in total. The van der Waals surface area contributed by atoms with E-state index in [4.69, 9.17) is 27.2 Å². The normalized spacial score (nSPS) is 10.0. The van der Waals surface area contributed by atoms with Gasteiger partial charge in [0.25, 0.3) is 0 Å². The molecule has 120 valence electrons. The fraction of sp³-hybridized carbons (Fsp3) is 0.250. The monoisotopic (exact) mass is 332 g/mol. The Hall–Kier alpha value is -2.33. The number of benzene rings is 1. The second-order valence-corrected chi connectivity index (χ2v) is 4.95. The third kappa shape index (κ3) is 5.75. The van der Waals surface area contributed by atoms with Crippen LogP contribution in [0, 0.1) is 11.8 Å². The molecule has 0 amide bonds. The predicted octanol–water partition coefficient (Wildman–Crippen LogP) is 1.53. The first-order chi connectivity index (χ1) is 11.2. The van der Waals surface area contributed by atoms with E-state index in [-0.39, 0.29) is 12.6 Å². The van der Waals surface area contributed by atoms with Gasteiger partial charge in [-0.2, -0.15) is 4.98 Å². The SMILES string of the molecule is Nc1ncc(C#Cc2ccc(Cl)cc2)c(NCCOCCO)n1. The van der Waals surface area contributed by atoms with Crippen molar-refractivity contribution in [2.75, 3.05) is 37.4 Å². The quantitative estimate of drug-likeness (QED) is 0.549. The summed E-state index contributed by atoms with van der Waals surface area (Å²) in [7, 11) is 0. The average Bonchev–Trinajstić information content (AvgIpc) is 2.55. The lowest BCUT2D eigenvalue weighted by molar-refractivity contribution is 0.0992. The van der Waals surface area contributed by atoms with E-state index in [1.165, 1.54) is 0 Å². The lowest BCUT2D eigenvalue weighted by Crippen LogP contribution is -2.13. The molecule has 0 bridgehead atoms. The van der Waals surface area contributed by atoms with Crippen molar-refractivity contribution in [2.45, 2.75) is 0 Å². The molecule has 0 atom stereocenters. The molecule has 0 fully saturated rings. The third-order valence-corrected chi connectivity index (χ3v) is 3.02. The highest BCUT2D eigenvalue weighted by Crippen LogP contribution is 2.12. The van der Waals surface area contributed by atoms with Gasteiger partial charge < -0.3 is 20.9 Å². The highest BCUT2D eigenvalue weighted by Gasteiger charge is 2.03. The number of anilines is 2. The summed E-state index contributed by atoms with van der Waals surface area (Å²) in [5.74, 6) is 6.75. The second-order valence-electron chi connectivity index (χ2n) is 4.51. The van der Waals surface area contributed by atoms with Gasteiger partial charge in [0.1, 0.15) is 5.82 Å². The smallest absolute Gasteiger partial charge is 0.222 e. The predicted molar refractivity (Wildman–Crippen MR) is 90.3 cm³/mol. The number of nitrogens with two attached hydrogens (primary N) is 1. The molecule has 0 radical (unpaired) electrons. The molecule has 0 aliphatic heterocycles. The van der Waals surface area contributed by atoms with Crippen molar-refractivity contribution in [3.05, 3.63) is 46.6 Å².